The van der Waals surface area contributed by atoms with E-state index in [0.29, 0.717) is 5.75 Å². The molecule has 0 saturated heterocycles. The van der Waals surface area contributed by atoms with Crippen molar-refractivity contribution in [2.75, 3.05) is 11.9 Å². The molecule has 1 N–H and O–H groups in total. The molecule has 0 aliphatic rings. The molecule has 2 rings (SSSR count). The van der Waals surface area contributed by atoms with E-state index in [0.717, 1.165) is 14.8 Å². The molecule has 2 aromatic carbocycles. The summed E-state index contributed by atoms with van der Waals surface area (Å²) >= 11 is 2.22. The van der Waals surface area contributed by atoms with Gasteiger partial charge in [0.1, 0.15) is 5.75 Å². The Balaban J connectivity index is 1.86. The van der Waals surface area contributed by atoms with Crippen molar-refractivity contribution < 1.29 is 9.53 Å². The molecule has 0 fully saturated rings. The highest BCUT2D eigenvalue weighted by Crippen LogP contribution is 2.14. The van der Waals surface area contributed by atoms with Gasteiger partial charge in [-0.2, -0.15) is 0 Å². The molecular formula is C15H14INO2. The highest BCUT2D eigenvalue weighted by atomic mass is 127. The third-order valence-corrected chi connectivity index (χ3v) is 3.20. The van der Waals surface area contributed by atoms with Crippen molar-refractivity contribution in [2.24, 2.45) is 0 Å². The zero-order valence-corrected chi connectivity index (χ0v) is 12.7. The lowest BCUT2D eigenvalue weighted by Gasteiger charge is -2.08. The minimum absolute atomic E-state index is 0.00847. The molecule has 0 atom stereocenters. The molecule has 0 aromatic heterocycles. The second-order valence-electron chi connectivity index (χ2n) is 4.16. The van der Waals surface area contributed by atoms with Crippen molar-refractivity contribution in [2.45, 2.75) is 6.92 Å². The number of benzene rings is 2. The van der Waals surface area contributed by atoms with Gasteiger partial charge in [-0.05, 0) is 71.5 Å². The maximum Gasteiger partial charge on any atom is 0.262 e. The second kappa shape index (κ2) is 6.56. The standard InChI is InChI=1S/C15H14INO2/c1-11-3-2-4-13(9-11)17-15(18)10-19-14-7-5-12(16)6-8-14/h2-9H,10H2,1H3,(H,17,18). The quantitative estimate of drug-likeness (QED) is 0.839. The lowest BCUT2D eigenvalue weighted by Crippen LogP contribution is -2.20. The third kappa shape index (κ3) is 4.55. The number of halogens is 1. The summed E-state index contributed by atoms with van der Waals surface area (Å²) in [7, 11) is 0. The van der Waals surface area contributed by atoms with Gasteiger partial charge in [-0.15, -0.1) is 0 Å². The van der Waals surface area contributed by atoms with Gasteiger partial charge in [-0.3, -0.25) is 4.79 Å². The maximum atomic E-state index is 11.7. The fourth-order valence-electron chi connectivity index (χ4n) is 1.60. The first-order chi connectivity index (χ1) is 9.13. The zero-order valence-electron chi connectivity index (χ0n) is 10.5. The molecule has 3 nitrogen and oxygen atoms in total. The number of amides is 1. The Hall–Kier alpha value is -1.56. The Kier molecular flexibility index (Phi) is 4.79. The van der Waals surface area contributed by atoms with E-state index in [9.17, 15) is 4.79 Å². The lowest BCUT2D eigenvalue weighted by atomic mass is 10.2. The maximum absolute atomic E-state index is 11.7. The number of aryl methyl sites for hydroxylation is 1. The van der Waals surface area contributed by atoms with Gasteiger partial charge in [0.15, 0.2) is 6.61 Å². The first-order valence-corrected chi connectivity index (χ1v) is 6.96. The normalized spacial score (nSPS) is 10.0. The predicted octanol–water partition coefficient (Wildman–Crippen LogP) is 3.62. The summed E-state index contributed by atoms with van der Waals surface area (Å²) in [6.07, 6.45) is 0. The molecular weight excluding hydrogens is 353 g/mol. The van der Waals surface area contributed by atoms with Crippen molar-refractivity contribution in [1.29, 1.82) is 0 Å². The van der Waals surface area contributed by atoms with Crippen LogP contribution in [0.2, 0.25) is 0 Å². The average Bonchev–Trinajstić information content (AvgIpc) is 2.38. The van der Waals surface area contributed by atoms with Crippen molar-refractivity contribution in [3.63, 3.8) is 0 Å². The summed E-state index contributed by atoms with van der Waals surface area (Å²) in [6, 6.07) is 15.2. The van der Waals surface area contributed by atoms with E-state index in [1.165, 1.54) is 0 Å². The first kappa shape index (κ1) is 13.9. The Morgan fingerprint density at radius 3 is 2.63 bits per heavy atom. The number of carbonyl (C=O) groups excluding carboxylic acids is 1. The van der Waals surface area contributed by atoms with E-state index in [1.54, 1.807) is 0 Å². The van der Waals surface area contributed by atoms with Crippen LogP contribution in [0.5, 0.6) is 5.75 Å². The van der Waals surface area contributed by atoms with Crippen LogP contribution in [-0.2, 0) is 4.79 Å². The van der Waals surface area contributed by atoms with Crippen LogP contribution in [0.3, 0.4) is 0 Å². The SMILES string of the molecule is Cc1cccc(NC(=O)COc2ccc(I)cc2)c1. The highest BCUT2D eigenvalue weighted by Gasteiger charge is 2.03. The number of hydrogen-bond donors (Lipinski definition) is 1. The zero-order chi connectivity index (χ0) is 13.7. The Morgan fingerprint density at radius 1 is 1.21 bits per heavy atom. The molecule has 2 aromatic rings. The van der Waals surface area contributed by atoms with Crippen molar-refractivity contribution >= 4 is 34.2 Å². The van der Waals surface area contributed by atoms with E-state index in [-0.39, 0.29) is 12.5 Å². The Bertz CT molecular complexity index is 567. The van der Waals surface area contributed by atoms with Crippen LogP contribution in [0.15, 0.2) is 48.5 Å². The van der Waals surface area contributed by atoms with Crippen LogP contribution in [0.25, 0.3) is 0 Å². The van der Waals surface area contributed by atoms with Crippen LogP contribution in [0.1, 0.15) is 5.56 Å². The molecule has 4 heteroatoms. The average molecular weight is 367 g/mol. The summed E-state index contributed by atoms with van der Waals surface area (Å²) in [6.45, 7) is 1.99. The van der Waals surface area contributed by atoms with Crippen molar-refractivity contribution in [1.82, 2.24) is 0 Å². The fraction of sp³-hybridized carbons (Fsp3) is 0.133. The smallest absolute Gasteiger partial charge is 0.262 e. The highest BCUT2D eigenvalue weighted by molar-refractivity contribution is 14.1. The predicted molar refractivity (Wildman–Crippen MR) is 84.5 cm³/mol. The first-order valence-electron chi connectivity index (χ1n) is 5.88. The van der Waals surface area contributed by atoms with E-state index >= 15 is 0 Å². The van der Waals surface area contributed by atoms with Gasteiger partial charge < -0.3 is 10.1 Å². The number of carbonyl (C=O) groups is 1. The lowest BCUT2D eigenvalue weighted by molar-refractivity contribution is -0.118. The molecule has 0 bridgehead atoms. The number of rotatable bonds is 4. The summed E-state index contributed by atoms with van der Waals surface area (Å²) in [5.41, 5.74) is 1.90. The third-order valence-electron chi connectivity index (χ3n) is 2.49. The molecule has 19 heavy (non-hydrogen) atoms. The molecule has 0 saturated carbocycles. The van der Waals surface area contributed by atoms with Crippen LogP contribution < -0.4 is 10.1 Å². The number of anilines is 1. The van der Waals surface area contributed by atoms with Crippen LogP contribution in [0.4, 0.5) is 5.69 Å². The van der Waals surface area contributed by atoms with Crippen molar-refractivity contribution in [3.8, 4) is 5.75 Å². The summed E-state index contributed by atoms with van der Waals surface area (Å²) in [5, 5.41) is 2.80. The van der Waals surface area contributed by atoms with Crippen molar-refractivity contribution in [3.05, 3.63) is 57.7 Å². The topological polar surface area (TPSA) is 38.3 Å². The van der Waals surface area contributed by atoms with Gasteiger partial charge >= 0.3 is 0 Å². The second-order valence-corrected chi connectivity index (χ2v) is 5.41. The van der Waals surface area contributed by atoms with E-state index in [4.69, 9.17) is 4.74 Å². The largest absolute Gasteiger partial charge is 0.484 e. The molecule has 0 spiro atoms. The van der Waals surface area contributed by atoms with Crippen LogP contribution in [0, 0.1) is 10.5 Å². The Labute approximate surface area is 126 Å². The van der Waals surface area contributed by atoms with E-state index in [2.05, 4.69) is 27.9 Å². The number of nitrogens with one attached hydrogen (secondary N) is 1. The van der Waals surface area contributed by atoms with Gasteiger partial charge in [-0.1, -0.05) is 12.1 Å². The van der Waals surface area contributed by atoms with Gasteiger partial charge in [0.25, 0.3) is 5.91 Å². The van der Waals surface area contributed by atoms with Gasteiger partial charge in [0.05, 0.1) is 0 Å². The minimum Gasteiger partial charge on any atom is -0.484 e. The van der Waals surface area contributed by atoms with Crippen LogP contribution in [-0.4, -0.2) is 12.5 Å². The number of ether oxygens (including phenoxy) is 1. The van der Waals surface area contributed by atoms with Gasteiger partial charge in [-0.25, -0.2) is 0 Å². The number of hydrogen-bond acceptors (Lipinski definition) is 2. The van der Waals surface area contributed by atoms with Crippen LogP contribution >= 0.6 is 22.6 Å². The minimum atomic E-state index is -0.163. The molecule has 0 aliphatic carbocycles. The molecule has 1 amide bonds. The van der Waals surface area contributed by atoms with Gasteiger partial charge in [0, 0.05) is 9.26 Å². The fourth-order valence-corrected chi connectivity index (χ4v) is 1.96. The van der Waals surface area contributed by atoms with Gasteiger partial charge in [0.2, 0.25) is 0 Å². The summed E-state index contributed by atoms with van der Waals surface area (Å²) < 4.78 is 6.54. The summed E-state index contributed by atoms with van der Waals surface area (Å²) in [5.74, 6) is 0.531. The molecule has 0 radical (unpaired) electrons. The molecule has 98 valence electrons. The van der Waals surface area contributed by atoms with E-state index in [1.807, 2.05) is 55.5 Å². The molecule has 0 aliphatic heterocycles. The monoisotopic (exact) mass is 367 g/mol. The Morgan fingerprint density at radius 2 is 1.95 bits per heavy atom. The summed E-state index contributed by atoms with van der Waals surface area (Å²) in [4.78, 5) is 11.7. The molecule has 0 unspecified atom stereocenters. The van der Waals surface area contributed by atoms with E-state index < -0.39 is 0 Å². The molecule has 0 heterocycles.